The van der Waals surface area contributed by atoms with Gasteiger partial charge in [-0.1, -0.05) is 18.0 Å². The highest BCUT2D eigenvalue weighted by atomic mass is 32.2. The lowest BCUT2D eigenvalue weighted by Gasteiger charge is -2.06. The van der Waals surface area contributed by atoms with Crippen molar-refractivity contribution < 1.29 is 4.79 Å². The molecule has 0 radical (unpaired) electrons. The van der Waals surface area contributed by atoms with Gasteiger partial charge in [0.05, 0.1) is 11.8 Å². The molecule has 0 aliphatic rings. The van der Waals surface area contributed by atoms with Crippen molar-refractivity contribution in [1.82, 2.24) is 19.7 Å². The second-order valence-electron chi connectivity index (χ2n) is 4.56. The Morgan fingerprint density at radius 1 is 1.17 bits per heavy atom. The van der Waals surface area contributed by atoms with E-state index in [-0.39, 0.29) is 5.91 Å². The van der Waals surface area contributed by atoms with Crippen molar-refractivity contribution in [1.29, 1.82) is 0 Å². The number of nitrogens with zero attached hydrogens (tertiary/aromatic N) is 4. The van der Waals surface area contributed by atoms with Crippen LogP contribution in [0.5, 0.6) is 0 Å². The van der Waals surface area contributed by atoms with Crippen molar-refractivity contribution in [3.8, 4) is 5.95 Å². The number of aromatic nitrogens is 4. The van der Waals surface area contributed by atoms with Gasteiger partial charge in [-0.2, -0.15) is 5.10 Å². The number of hydrogen-bond donors (Lipinski definition) is 2. The zero-order valence-electron chi connectivity index (χ0n) is 12.3. The van der Waals surface area contributed by atoms with Gasteiger partial charge in [-0.15, -0.1) is 0 Å². The average Bonchev–Trinajstić information content (AvgIpc) is 3.06. The average molecular weight is 326 g/mol. The van der Waals surface area contributed by atoms with Crippen LogP contribution in [0.4, 0.5) is 11.4 Å². The van der Waals surface area contributed by atoms with E-state index in [1.54, 1.807) is 24.7 Å². The van der Waals surface area contributed by atoms with E-state index in [4.69, 9.17) is 0 Å². The van der Waals surface area contributed by atoms with Crippen molar-refractivity contribution in [3.63, 3.8) is 0 Å². The van der Waals surface area contributed by atoms with Gasteiger partial charge < -0.3 is 10.0 Å². The molecule has 0 aliphatic heterocycles. The van der Waals surface area contributed by atoms with Crippen molar-refractivity contribution in [2.45, 2.75) is 0 Å². The molecule has 0 aliphatic carbocycles. The van der Waals surface area contributed by atoms with Crippen LogP contribution < -0.4 is 10.0 Å². The molecule has 0 bridgehead atoms. The quantitative estimate of drug-likeness (QED) is 0.701. The van der Waals surface area contributed by atoms with E-state index >= 15 is 0 Å². The number of rotatable bonds is 5. The lowest BCUT2D eigenvalue weighted by molar-refractivity contribution is 0.102. The predicted molar refractivity (Wildman–Crippen MR) is 90.7 cm³/mol. The maximum atomic E-state index is 12.3. The maximum Gasteiger partial charge on any atom is 0.258 e. The Labute approximate surface area is 137 Å². The molecule has 0 fully saturated rings. The van der Waals surface area contributed by atoms with Gasteiger partial charge >= 0.3 is 0 Å². The molecule has 0 atom stereocenters. The van der Waals surface area contributed by atoms with E-state index in [0.717, 1.165) is 5.69 Å². The summed E-state index contributed by atoms with van der Waals surface area (Å²) in [4.78, 5) is 20.5. The smallest absolute Gasteiger partial charge is 0.258 e. The first kappa shape index (κ1) is 15.0. The van der Waals surface area contributed by atoms with E-state index in [9.17, 15) is 4.79 Å². The molecule has 116 valence electrons. The number of anilines is 2. The van der Waals surface area contributed by atoms with Crippen LogP contribution in [0.1, 0.15) is 10.4 Å². The number of hydrogen-bond acceptors (Lipinski definition) is 6. The largest absolute Gasteiger partial charge is 0.330 e. The summed E-state index contributed by atoms with van der Waals surface area (Å²) in [6, 6.07) is 9.20. The molecule has 3 aromatic rings. The van der Waals surface area contributed by atoms with Gasteiger partial charge in [0.25, 0.3) is 5.91 Å². The summed E-state index contributed by atoms with van der Waals surface area (Å²) in [6.07, 6.45) is 8.25. The van der Waals surface area contributed by atoms with Crippen molar-refractivity contribution in [2.75, 3.05) is 16.3 Å². The summed E-state index contributed by atoms with van der Waals surface area (Å²) >= 11 is 1.49. The highest BCUT2D eigenvalue weighted by molar-refractivity contribution is 7.99. The fourth-order valence-corrected chi connectivity index (χ4v) is 2.30. The molecule has 3 rings (SSSR count). The van der Waals surface area contributed by atoms with Crippen LogP contribution in [-0.2, 0) is 0 Å². The molecular weight excluding hydrogens is 312 g/mol. The second kappa shape index (κ2) is 6.93. The van der Waals surface area contributed by atoms with Gasteiger partial charge in [-0.25, -0.2) is 14.6 Å². The summed E-state index contributed by atoms with van der Waals surface area (Å²) in [5, 5.41) is 6.95. The number of benzene rings is 1. The van der Waals surface area contributed by atoms with E-state index in [0.29, 0.717) is 17.2 Å². The van der Waals surface area contributed by atoms with Crippen LogP contribution in [0, 0.1) is 0 Å². The van der Waals surface area contributed by atoms with E-state index < -0.39 is 0 Å². The molecule has 1 aromatic carbocycles. The number of carbonyl (C=O) groups is 1. The summed E-state index contributed by atoms with van der Waals surface area (Å²) < 4.78 is 4.58. The van der Waals surface area contributed by atoms with E-state index in [1.165, 1.54) is 22.8 Å². The fraction of sp³-hybridized carbons (Fsp3) is 0.0667. The minimum absolute atomic E-state index is 0.242. The van der Waals surface area contributed by atoms with Crippen LogP contribution in [0.25, 0.3) is 5.95 Å². The summed E-state index contributed by atoms with van der Waals surface area (Å²) in [6.45, 7) is 0. The van der Waals surface area contributed by atoms with Crippen LogP contribution in [0.3, 0.4) is 0 Å². The first-order chi connectivity index (χ1) is 11.3. The SMILES string of the molecule is CSNc1cccc(NC(=O)c2cnn(-c3ncccn3)c2)c1. The molecule has 0 unspecified atom stereocenters. The Hall–Kier alpha value is -2.87. The highest BCUT2D eigenvalue weighted by Crippen LogP contribution is 2.18. The zero-order valence-corrected chi connectivity index (χ0v) is 13.1. The zero-order chi connectivity index (χ0) is 16.1. The molecule has 0 saturated heterocycles. The molecule has 0 spiro atoms. The standard InChI is InChI=1S/C15H14N6OS/c1-23-20-13-5-2-4-12(8-13)19-14(22)11-9-18-21(10-11)15-16-6-3-7-17-15/h2-10,20H,1H3,(H,19,22). The van der Waals surface area contributed by atoms with Gasteiger partial charge in [0.2, 0.25) is 5.95 Å². The third-order valence-electron chi connectivity index (χ3n) is 2.94. The molecule has 23 heavy (non-hydrogen) atoms. The molecule has 2 N–H and O–H groups in total. The molecule has 8 heteroatoms. The predicted octanol–water partition coefficient (Wildman–Crippen LogP) is 2.60. The van der Waals surface area contributed by atoms with Crippen molar-refractivity contribution in [3.05, 3.63) is 60.7 Å². The Balaban J connectivity index is 1.74. The van der Waals surface area contributed by atoms with Crippen molar-refractivity contribution in [2.24, 2.45) is 0 Å². The monoisotopic (exact) mass is 326 g/mol. The van der Waals surface area contributed by atoms with Crippen molar-refractivity contribution >= 4 is 29.2 Å². The minimum atomic E-state index is -0.242. The molecule has 1 amide bonds. The van der Waals surface area contributed by atoms with Gasteiger partial charge in [0.1, 0.15) is 0 Å². The van der Waals surface area contributed by atoms with Gasteiger partial charge in [-0.3, -0.25) is 4.79 Å². The molecule has 2 heterocycles. The minimum Gasteiger partial charge on any atom is -0.330 e. The number of carbonyl (C=O) groups excluding carboxylic acids is 1. The lowest BCUT2D eigenvalue weighted by Crippen LogP contribution is -2.11. The van der Waals surface area contributed by atoms with E-state index in [1.807, 2.05) is 30.5 Å². The highest BCUT2D eigenvalue weighted by Gasteiger charge is 2.11. The summed E-state index contributed by atoms with van der Waals surface area (Å²) in [7, 11) is 0. The molecule has 0 saturated carbocycles. The van der Waals surface area contributed by atoms with Crippen LogP contribution in [-0.4, -0.2) is 31.9 Å². The topological polar surface area (TPSA) is 84.7 Å². The fourth-order valence-electron chi connectivity index (χ4n) is 1.94. The van der Waals surface area contributed by atoms with Crippen LogP contribution in [0.15, 0.2) is 55.1 Å². The summed E-state index contributed by atoms with van der Waals surface area (Å²) in [5.41, 5.74) is 2.06. The second-order valence-corrected chi connectivity index (χ2v) is 5.18. The molecule has 7 nitrogen and oxygen atoms in total. The normalized spacial score (nSPS) is 10.3. The third kappa shape index (κ3) is 3.67. The molecular formula is C15H14N6OS. The van der Waals surface area contributed by atoms with Crippen LogP contribution >= 0.6 is 11.9 Å². The van der Waals surface area contributed by atoms with Crippen LogP contribution in [0.2, 0.25) is 0 Å². The van der Waals surface area contributed by atoms with Gasteiger partial charge in [0, 0.05) is 36.2 Å². The third-order valence-corrected chi connectivity index (χ3v) is 3.38. The summed E-state index contributed by atoms with van der Waals surface area (Å²) in [5.74, 6) is 0.172. The lowest BCUT2D eigenvalue weighted by atomic mass is 10.2. The van der Waals surface area contributed by atoms with Gasteiger partial charge in [-0.05, 0) is 24.3 Å². The first-order valence-electron chi connectivity index (χ1n) is 6.79. The Bertz CT molecular complexity index is 804. The maximum absolute atomic E-state index is 12.3. The van der Waals surface area contributed by atoms with Gasteiger partial charge in [0.15, 0.2) is 0 Å². The molecule has 2 aromatic heterocycles. The number of amides is 1. The van der Waals surface area contributed by atoms with E-state index in [2.05, 4.69) is 25.1 Å². The first-order valence-corrected chi connectivity index (χ1v) is 8.01. The Morgan fingerprint density at radius 3 is 2.74 bits per heavy atom. The Morgan fingerprint density at radius 2 is 1.96 bits per heavy atom. The Kier molecular flexibility index (Phi) is 4.53. The number of nitrogens with one attached hydrogen (secondary N) is 2.